The van der Waals surface area contributed by atoms with E-state index in [2.05, 4.69) is 80.1 Å². The summed E-state index contributed by atoms with van der Waals surface area (Å²) in [6, 6.07) is 17.0. The second-order valence-corrected chi connectivity index (χ2v) is 12.1. The van der Waals surface area contributed by atoms with Crippen LogP contribution in [-0.2, 0) is 13.2 Å². The molecule has 0 spiro atoms. The number of aryl methyl sites for hydroxylation is 1. The quantitative estimate of drug-likeness (QED) is 0.325. The Hall–Kier alpha value is -2.71. The molecule has 0 bridgehead atoms. The molecule has 2 fully saturated rings. The predicted octanol–water partition coefficient (Wildman–Crippen LogP) is 3.13. The van der Waals surface area contributed by atoms with Gasteiger partial charge in [-0.1, -0.05) is 43.2 Å². The van der Waals surface area contributed by atoms with Crippen molar-refractivity contribution in [2.45, 2.75) is 64.5 Å². The number of hydrogen-bond acceptors (Lipinski definition) is 5. The van der Waals surface area contributed by atoms with Crippen molar-refractivity contribution in [1.82, 2.24) is 9.80 Å². The maximum Gasteiger partial charge on any atom is 0.213 e. The molecule has 230 valence electrons. The van der Waals surface area contributed by atoms with Crippen LogP contribution < -0.4 is 31.2 Å². The highest BCUT2D eigenvalue weighted by Gasteiger charge is 2.26. The van der Waals surface area contributed by atoms with Gasteiger partial charge in [-0.3, -0.25) is 0 Å². The minimum atomic E-state index is 0. The second-order valence-electron chi connectivity index (χ2n) is 12.1. The number of ether oxygens (including phenoxy) is 1. The Bertz CT molecular complexity index is 1400. The number of para-hydroxylation sites is 1. The molecule has 0 atom stereocenters. The van der Waals surface area contributed by atoms with Crippen LogP contribution in [0, 0.1) is 0 Å². The maximum atomic E-state index is 9.66. The number of piperidine rings is 2. The number of halogens is 1. The molecular formula is C36H47BrN4O2. The van der Waals surface area contributed by atoms with E-state index in [1.807, 2.05) is 12.1 Å². The summed E-state index contributed by atoms with van der Waals surface area (Å²) in [6.45, 7) is 9.25. The van der Waals surface area contributed by atoms with Gasteiger partial charge >= 0.3 is 0 Å². The van der Waals surface area contributed by atoms with E-state index in [4.69, 9.17) is 4.74 Å². The van der Waals surface area contributed by atoms with E-state index >= 15 is 0 Å². The van der Waals surface area contributed by atoms with Crippen LogP contribution in [0.5, 0.6) is 5.75 Å². The summed E-state index contributed by atoms with van der Waals surface area (Å²) in [5, 5.41) is 10.9. The summed E-state index contributed by atoms with van der Waals surface area (Å²) in [6.07, 6.45) is 19.0. The van der Waals surface area contributed by atoms with Crippen LogP contribution in [-0.4, -0.2) is 60.7 Å². The fourth-order valence-electron chi connectivity index (χ4n) is 6.77. The third-order valence-electron chi connectivity index (χ3n) is 9.08. The Morgan fingerprint density at radius 2 is 1.53 bits per heavy atom. The molecule has 1 N–H and O–H groups in total. The number of pyridine rings is 1. The van der Waals surface area contributed by atoms with Gasteiger partial charge in [-0.05, 0) is 100 Å². The Morgan fingerprint density at radius 1 is 0.814 bits per heavy atom. The number of rotatable bonds is 11. The van der Waals surface area contributed by atoms with E-state index in [0.717, 1.165) is 48.9 Å². The summed E-state index contributed by atoms with van der Waals surface area (Å²) in [5.41, 5.74) is 4.45. The maximum absolute atomic E-state index is 9.66. The zero-order valence-electron chi connectivity index (χ0n) is 25.5. The Balaban J connectivity index is 0.00000368. The number of fused-ring (bicyclic) bond motifs is 2. The van der Waals surface area contributed by atoms with E-state index in [0.29, 0.717) is 0 Å². The average Bonchev–Trinajstić information content (AvgIpc) is 3.39. The molecule has 6 nitrogen and oxygen atoms in total. The molecular weight excluding hydrogens is 600 g/mol. The smallest absolute Gasteiger partial charge is 0.213 e. The summed E-state index contributed by atoms with van der Waals surface area (Å²) in [4.78, 5) is 7.52. The average molecular weight is 648 g/mol. The molecule has 43 heavy (non-hydrogen) atoms. The van der Waals surface area contributed by atoms with Crippen molar-refractivity contribution in [3.63, 3.8) is 0 Å². The van der Waals surface area contributed by atoms with Crippen LogP contribution in [0.15, 0.2) is 72.8 Å². The zero-order chi connectivity index (χ0) is 28.6. The second kappa shape index (κ2) is 15.8. The minimum Gasteiger partial charge on any atom is -1.00 e. The van der Waals surface area contributed by atoms with Gasteiger partial charge in [0.25, 0.3) is 0 Å². The van der Waals surface area contributed by atoms with Crippen LogP contribution in [0.1, 0.15) is 62.5 Å². The number of allylic oxidation sites excluding steroid dienone is 2. The van der Waals surface area contributed by atoms with Crippen LogP contribution in [0.4, 0.5) is 5.69 Å². The Kier molecular flexibility index (Phi) is 11.7. The number of hydrogen-bond donors (Lipinski definition) is 1. The SMILES string of the molecule is OCc1ccc2c(c1)OC(=CC=Cc1cc[n+](CCCN3CCCCC3)c3ccccc13)N2CCCN1CCCCC1.[Br-]. The first-order valence-corrected chi connectivity index (χ1v) is 16.2. The lowest BCUT2D eigenvalue weighted by Crippen LogP contribution is -3.00. The van der Waals surface area contributed by atoms with Crippen LogP contribution in [0.25, 0.3) is 17.0 Å². The van der Waals surface area contributed by atoms with Crippen molar-refractivity contribution in [3.05, 3.63) is 83.9 Å². The van der Waals surface area contributed by atoms with E-state index in [1.165, 1.54) is 94.1 Å². The number of aliphatic hydroxyl groups excluding tert-OH is 1. The number of aromatic nitrogens is 1. The van der Waals surface area contributed by atoms with Crippen molar-refractivity contribution in [2.24, 2.45) is 0 Å². The monoisotopic (exact) mass is 646 g/mol. The molecule has 2 saturated heterocycles. The number of anilines is 1. The van der Waals surface area contributed by atoms with Gasteiger partial charge in [-0.25, -0.2) is 0 Å². The summed E-state index contributed by atoms with van der Waals surface area (Å²) < 4.78 is 8.76. The summed E-state index contributed by atoms with van der Waals surface area (Å²) in [5.74, 6) is 1.68. The van der Waals surface area contributed by atoms with Gasteiger partial charge in [0.1, 0.15) is 6.54 Å². The minimum absolute atomic E-state index is 0. The molecule has 3 aromatic rings. The van der Waals surface area contributed by atoms with Gasteiger partial charge < -0.3 is 41.5 Å². The summed E-state index contributed by atoms with van der Waals surface area (Å²) in [7, 11) is 0. The molecule has 2 aromatic carbocycles. The van der Waals surface area contributed by atoms with Crippen molar-refractivity contribution in [2.75, 3.05) is 50.7 Å². The van der Waals surface area contributed by atoms with Crippen LogP contribution >= 0.6 is 0 Å². The molecule has 6 rings (SSSR count). The lowest BCUT2D eigenvalue weighted by molar-refractivity contribution is -0.671. The predicted molar refractivity (Wildman–Crippen MR) is 171 cm³/mol. The van der Waals surface area contributed by atoms with Crippen LogP contribution in [0.2, 0.25) is 0 Å². The first-order chi connectivity index (χ1) is 20.8. The fraction of sp³-hybridized carbons (Fsp3) is 0.472. The highest BCUT2D eigenvalue weighted by atomic mass is 79.9. The van der Waals surface area contributed by atoms with E-state index in [9.17, 15) is 5.11 Å². The number of benzene rings is 2. The molecule has 0 radical (unpaired) electrons. The molecule has 0 unspecified atom stereocenters. The molecule has 4 heterocycles. The van der Waals surface area contributed by atoms with Gasteiger partial charge in [-0.2, -0.15) is 4.57 Å². The molecule has 3 aliphatic heterocycles. The van der Waals surface area contributed by atoms with Crippen molar-refractivity contribution in [1.29, 1.82) is 0 Å². The third-order valence-corrected chi connectivity index (χ3v) is 9.08. The normalized spacial score (nSPS) is 18.7. The lowest BCUT2D eigenvalue weighted by atomic mass is 10.1. The number of aliphatic hydroxyl groups is 1. The first-order valence-electron chi connectivity index (χ1n) is 16.2. The molecule has 7 heteroatoms. The van der Waals surface area contributed by atoms with E-state index in [1.54, 1.807) is 0 Å². The van der Waals surface area contributed by atoms with Gasteiger partial charge in [0.05, 0.1) is 17.7 Å². The topological polar surface area (TPSA) is 43.1 Å². The Morgan fingerprint density at radius 3 is 2.28 bits per heavy atom. The molecule has 1 aromatic heterocycles. The van der Waals surface area contributed by atoms with Gasteiger partial charge in [0.2, 0.25) is 11.4 Å². The van der Waals surface area contributed by atoms with E-state index < -0.39 is 0 Å². The zero-order valence-corrected chi connectivity index (χ0v) is 27.1. The molecule has 0 aliphatic carbocycles. The standard InChI is InChI=1S/C36H47N4O2.BrH/c41-29-30-16-17-34-35(28-30)42-36(40(34)26-11-24-38-21-7-2-8-22-38)15-9-12-31-18-27-39(33-14-4-3-13-32(31)33)25-10-23-37-19-5-1-6-20-37;/h3-4,9,12-18,27-28,41H,1-2,5-8,10-11,19-26,29H2;1H/q+1;/p-1. The van der Waals surface area contributed by atoms with Gasteiger partial charge in [-0.15, -0.1) is 0 Å². The van der Waals surface area contributed by atoms with Gasteiger partial charge in [0.15, 0.2) is 11.9 Å². The largest absolute Gasteiger partial charge is 1.00 e. The van der Waals surface area contributed by atoms with Crippen LogP contribution in [0.3, 0.4) is 0 Å². The number of likely N-dealkylation sites (tertiary alicyclic amines) is 2. The van der Waals surface area contributed by atoms with Crippen molar-refractivity contribution in [3.8, 4) is 5.75 Å². The third kappa shape index (κ3) is 8.07. The highest BCUT2D eigenvalue weighted by molar-refractivity contribution is 5.85. The Labute approximate surface area is 268 Å². The highest BCUT2D eigenvalue weighted by Crippen LogP contribution is 2.40. The van der Waals surface area contributed by atoms with Gasteiger partial charge in [0, 0.05) is 31.6 Å². The van der Waals surface area contributed by atoms with E-state index in [-0.39, 0.29) is 23.6 Å². The van der Waals surface area contributed by atoms with Crippen molar-refractivity contribution < 1.29 is 31.4 Å². The first kappa shape index (κ1) is 31.7. The summed E-state index contributed by atoms with van der Waals surface area (Å²) >= 11 is 0. The fourth-order valence-corrected chi connectivity index (χ4v) is 6.77. The lowest BCUT2D eigenvalue weighted by Gasteiger charge is -2.27. The molecule has 0 saturated carbocycles. The molecule has 3 aliphatic rings. The van der Waals surface area contributed by atoms with Crippen molar-refractivity contribution >= 4 is 22.7 Å². The molecule has 0 amide bonds. The number of nitrogens with zero attached hydrogens (tertiary/aromatic N) is 4.